The largest absolute Gasteiger partial charge is 0.385 e. The number of hydrogen-bond donors (Lipinski definition) is 0. The van der Waals surface area contributed by atoms with Crippen LogP contribution in [0.25, 0.3) is 11.0 Å². The lowest BCUT2D eigenvalue weighted by Crippen LogP contribution is -1.99. The monoisotopic (exact) mass is 286 g/mol. The number of rotatable bonds is 6. The predicted octanol–water partition coefficient (Wildman–Crippen LogP) is 2.29. The lowest BCUT2D eigenvalue weighted by molar-refractivity contribution is 0.200. The third-order valence-electron chi connectivity index (χ3n) is 2.46. The smallest absolute Gasteiger partial charge is 0.162 e. The van der Waals surface area contributed by atoms with Gasteiger partial charge in [0.15, 0.2) is 5.65 Å². The van der Waals surface area contributed by atoms with E-state index in [-0.39, 0.29) is 0 Å². The van der Waals surface area contributed by atoms with Crippen molar-refractivity contribution in [3.05, 3.63) is 17.2 Å². The summed E-state index contributed by atoms with van der Waals surface area (Å²) in [6, 6.07) is 0. The fraction of sp³-hybridized carbons (Fsp3) is 0.545. The number of halogens is 1. The molecule has 0 fully saturated rings. The first kappa shape index (κ1) is 13.6. The molecular formula is C11H15ClN4OS. The first-order chi connectivity index (χ1) is 8.72. The standard InChI is InChI=1S/C11H15ClN4OS/c1-16-11-8(6-13-16)10(12)14-9(15-11)7-18-5-3-4-17-2/h6H,3-5,7H2,1-2H3. The van der Waals surface area contributed by atoms with Crippen molar-refractivity contribution in [2.75, 3.05) is 19.5 Å². The minimum absolute atomic E-state index is 0.473. The molecule has 0 saturated heterocycles. The number of ether oxygens (including phenoxy) is 1. The lowest BCUT2D eigenvalue weighted by Gasteiger charge is -2.02. The summed E-state index contributed by atoms with van der Waals surface area (Å²) in [4.78, 5) is 8.75. The van der Waals surface area contributed by atoms with E-state index in [2.05, 4.69) is 15.1 Å². The van der Waals surface area contributed by atoms with Crippen LogP contribution < -0.4 is 0 Å². The molecule has 2 rings (SSSR count). The van der Waals surface area contributed by atoms with E-state index < -0.39 is 0 Å². The van der Waals surface area contributed by atoms with E-state index in [0.29, 0.717) is 5.15 Å². The van der Waals surface area contributed by atoms with Crippen LogP contribution in [0.5, 0.6) is 0 Å². The Balaban J connectivity index is 2.02. The van der Waals surface area contributed by atoms with Crippen LogP contribution in [-0.4, -0.2) is 39.2 Å². The number of hydrogen-bond acceptors (Lipinski definition) is 5. The van der Waals surface area contributed by atoms with E-state index in [1.54, 1.807) is 29.8 Å². The second kappa shape index (κ2) is 6.36. The summed E-state index contributed by atoms with van der Waals surface area (Å²) in [7, 11) is 3.56. The summed E-state index contributed by atoms with van der Waals surface area (Å²) in [6.07, 6.45) is 2.72. The maximum atomic E-state index is 6.10. The molecule has 0 radical (unpaired) electrons. The van der Waals surface area contributed by atoms with Gasteiger partial charge in [0.25, 0.3) is 0 Å². The van der Waals surface area contributed by atoms with Gasteiger partial charge in [0.2, 0.25) is 0 Å². The van der Waals surface area contributed by atoms with Gasteiger partial charge in [-0.3, -0.25) is 4.68 Å². The average Bonchev–Trinajstić information content (AvgIpc) is 2.72. The van der Waals surface area contributed by atoms with E-state index >= 15 is 0 Å². The van der Waals surface area contributed by atoms with Gasteiger partial charge < -0.3 is 4.74 Å². The molecule has 0 amide bonds. The minimum Gasteiger partial charge on any atom is -0.385 e. The zero-order valence-corrected chi connectivity index (χ0v) is 12.0. The molecule has 5 nitrogen and oxygen atoms in total. The molecule has 7 heteroatoms. The average molecular weight is 287 g/mol. The van der Waals surface area contributed by atoms with Crippen LogP contribution in [0, 0.1) is 0 Å². The van der Waals surface area contributed by atoms with Crippen molar-refractivity contribution in [2.45, 2.75) is 12.2 Å². The third-order valence-corrected chi connectivity index (χ3v) is 3.79. The normalized spacial score (nSPS) is 11.3. The highest BCUT2D eigenvalue weighted by atomic mass is 35.5. The van der Waals surface area contributed by atoms with Crippen LogP contribution >= 0.6 is 23.4 Å². The zero-order chi connectivity index (χ0) is 13.0. The molecule has 0 aliphatic heterocycles. The third kappa shape index (κ3) is 3.13. The van der Waals surface area contributed by atoms with Gasteiger partial charge in [-0.25, -0.2) is 9.97 Å². The zero-order valence-electron chi connectivity index (χ0n) is 10.4. The highest BCUT2D eigenvalue weighted by Crippen LogP contribution is 2.21. The van der Waals surface area contributed by atoms with E-state index in [4.69, 9.17) is 16.3 Å². The Morgan fingerprint density at radius 1 is 1.44 bits per heavy atom. The Hall–Kier alpha value is -0.850. The van der Waals surface area contributed by atoms with E-state index in [1.807, 2.05) is 7.05 Å². The fourth-order valence-corrected chi connectivity index (χ4v) is 2.57. The van der Waals surface area contributed by atoms with Crippen molar-refractivity contribution >= 4 is 34.4 Å². The van der Waals surface area contributed by atoms with Crippen molar-refractivity contribution in [1.29, 1.82) is 0 Å². The molecule has 2 aromatic rings. The van der Waals surface area contributed by atoms with E-state index in [9.17, 15) is 0 Å². The predicted molar refractivity (Wildman–Crippen MR) is 74.0 cm³/mol. The SMILES string of the molecule is COCCCSCc1nc(Cl)c2cnn(C)c2n1. The number of thioether (sulfide) groups is 1. The summed E-state index contributed by atoms with van der Waals surface area (Å²) in [5, 5.41) is 5.40. The highest BCUT2D eigenvalue weighted by Gasteiger charge is 2.09. The van der Waals surface area contributed by atoms with Crippen molar-refractivity contribution in [3.63, 3.8) is 0 Å². The molecule has 0 aromatic carbocycles. The van der Waals surface area contributed by atoms with Gasteiger partial charge in [-0.15, -0.1) is 0 Å². The summed E-state index contributed by atoms with van der Waals surface area (Å²) >= 11 is 7.88. The van der Waals surface area contributed by atoms with Gasteiger partial charge in [0, 0.05) is 20.8 Å². The molecule has 2 heterocycles. The summed E-state index contributed by atoms with van der Waals surface area (Å²) < 4.78 is 6.71. The molecule has 0 aliphatic carbocycles. The quantitative estimate of drug-likeness (QED) is 0.602. The number of methoxy groups -OCH3 is 1. The topological polar surface area (TPSA) is 52.8 Å². The number of nitrogens with zero attached hydrogens (tertiary/aromatic N) is 4. The Bertz CT molecular complexity index is 531. The summed E-state index contributed by atoms with van der Waals surface area (Å²) in [6.45, 7) is 0.787. The molecule has 98 valence electrons. The Kier molecular flexibility index (Phi) is 4.79. The van der Waals surface area contributed by atoms with Crippen molar-refractivity contribution in [2.24, 2.45) is 7.05 Å². The van der Waals surface area contributed by atoms with Crippen LogP contribution in [0.2, 0.25) is 5.15 Å². The second-order valence-corrected chi connectivity index (χ2v) is 5.30. The first-order valence-electron chi connectivity index (χ1n) is 5.63. The Morgan fingerprint density at radius 3 is 3.06 bits per heavy atom. The number of fused-ring (bicyclic) bond motifs is 1. The van der Waals surface area contributed by atoms with Crippen LogP contribution in [0.1, 0.15) is 12.2 Å². The molecule has 0 aliphatic rings. The van der Waals surface area contributed by atoms with Crippen LogP contribution in [0.3, 0.4) is 0 Å². The molecule has 18 heavy (non-hydrogen) atoms. The Labute approximate surface area is 115 Å². The van der Waals surface area contributed by atoms with Crippen LogP contribution in [-0.2, 0) is 17.5 Å². The molecule has 0 spiro atoms. The molecular weight excluding hydrogens is 272 g/mol. The van der Waals surface area contributed by atoms with Crippen molar-refractivity contribution < 1.29 is 4.74 Å². The molecule has 0 N–H and O–H groups in total. The van der Waals surface area contributed by atoms with Gasteiger partial charge in [0.1, 0.15) is 11.0 Å². The molecule has 2 aromatic heterocycles. The highest BCUT2D eigenvalue weighted by molar-refractivity contribution is 7.98. The summed E-state index contributed by atoms with van der Waals surface area (Å²) in [5.41, 5.74) is 0.780. The van der Waals surface area contributed by atoms with Crippen LogP contribution in [0.4, 0.5) is 0 Å². The van der Waals surface area contributed by atoms with E-state index in [0.717, 1.165) is 41.4 Å². The molecule has 0 bridgehead atoms. The molecule has 0 saturated carbocycles. The van der Waals surface area contributed by atoms with E-state index in [1.165, 1.54) is 0 Å². The molecule has 0 atom stereocenters. The number of aryl methyl sites for hydroxylation is 1. The second-order valence-electron chi connectivity index (χ2n) is 3.84. The maximum Gasteiger partial charge on any atom is 0.162 e. The first-order valence-corrected chi connectivity index (χ1v) is 7.16. The van der Waals surface area contributed by atoms with Gasteiger partial charge in [-0.2, -0.15) is 16.9 Å². The van der Waals surface area contributed by atoms with Crippen molar-refractivity contribution in [1.82, 2.24) is 19.7 Å². The fourth-order valence-electron chi connectivity index (χ4n) is 1.56. The maximum absolute atomic E-state index is 6.10. The summed E-state index contributed by atoms with van der Waals surface area (Å²) in [5.74, 6) is 2.53. The Morgan fingerprint density at radius 2 is 2.28 bits per heavy atom. The van der Waals surface area contributed by atoms with Gasteiger partial charge in [0.05, 0.1) is 17.3 Å². The minimum atomic E-state index is 0.473. The lowest BCUT2D eigenvalue weighted by atomic mass is 10.4. The number of aromatic nitrogens is 4. The van der Waals surface area contributed by atoms with Gasteiger partial charge >= 0.3 is 0 Å². The van der Waals surface area contributed by atoms with Crippen molar-refractivity contribution in [3.8, 4) is 0 Å². The van der Waals surface area contributed by atoms with Gasteiger partial charge in [-0.05, 0) is 12.2 Å². The van der Waals surface area contributed by atoms with Crippen LogP contribution in [0.15, 0.2) is 6.20 Å². The molecule has 0 unspecified atom stereocenters. The van der Waals surface area contributed by atoms with Gasteiger partial charge in [-0.1, -0.05) is 11.6 Å².